The van der Waals surface area contributed by atoms with E-state index in [1.807, 2.05) is 0 Å². The Hall–Kier alpha value is -5.71. The van der Waals surface area contributed by atoms with Crippen molar-refractivity contribution in [1.29, 1.82) is 0 Å². The van der Waals surface area contributed by atoms with E-state index in [4.69, 9.17) is 15.1 Å². The summed E-state index contributed by atoms with van der Waals surface area (Å²) in [6.07, 6.45) is 18.8. The topological polar surface area (TPSA) is 63.5 Å². The maximum absolute atomic E-state index is 6.80. The zero-order chi connectivity index (χ0) is 35.0. The van der Waals surface area contributed by atoms with Gasteiger partial charge in [-0.3, -0.25) is 4.99 Å². The molecule has 5 atom stereocenters. The van der Waals surface area contributed by atoms with Crippen LogP contribution in [0.25, 0.3) is 49.8 Å². The smallest absolute Gasteiger partial charge is 0.135 e. The average molecular weight is 688 g/mol. The fraction of sp³-hybridized carbons (Fsp3) is 0.204. The molecule has 53 heavy (non-hydrogen) atoms. The third-order valence-corrected chi connectivity index (χ3v) is 12.1. The van der Waals surface area contributed by atoms with Crippen molar-refractivity contribution in [2.24, 2.45) is 22.6 Å². The second-order valence-corrected chi connectivity index (χ2v) is 15.6. The van der Waals surface area contributed by atoms with Gasteiger partial charge in [-0.05, 0) is 124 Å². The van der Waals surface area contributed by atoms with Crippen molar-refractivity contribution in [1.82, 2.24) is 5.32 Å². The fourth-order valence-electron chi connectivity index (χ4n) is 8.82. The van der Waals surface area contributed by atoms with E-state index in [1.165, 1.54) is 56.5 Å². The predicted octanol–water partition coefficient (Wildman–Crippen LogP) is 10.9. The lowest BCUT2D eigenvalue weighted by molar-refractivity contribution is 0.668. The van der Waals surface area contributed by atoms with E-state index < -0.39 is 0 Å². The highest BCUT2D eigenvalue weighted by molar-refractivity contribution is 6.06. The Labute approximate surface area is 310 Å². The zero-order valence-corrected chi connectivity index (χ0v) is 29.6. The summed E-state index contributed by atoms with van der Waals surface area (Å²) in [7, 11) is 0. The highest BCUT2D eigenvalue weighted by Gasteiger charge is 2.40. The molecule has 258 valence electrons. The second-order valence-electron chi connectivity index (χ2n) is 15.6. The fourth-order valence-corrected chi connectivity index (χ4v) is 8.82. The molecule has 5 unspecified atom stereocenters. The third-order valence-electron chi connectivity index (χ3n) is 12.1. The van der Waals surface area contributed by atoms with Gasteiger partial charge in [-0.1, -0.05) is 115 Å². The highest BCUT2D eigenvalue weighted by atomic mass is 16.3. The molecule has 0 amide bonds. The molecule has 3 N–H and O–H groups in total. The van der Waals surface area contributed by atoms with Gasteiger partial charge < -0.3 is 15.5 Å². The van der Waals surface area contributed by atoms with E-state index in [0.717, 1.165) is 64.6 Å². The number of benzene rings is 5. The van der Waals surface area contributed by atoms with Crippen LogP contribution >= 0.6 is 0 Å². The van der Waals surface area contributed by atoms with Gasteiger partial charge in [-0.15, -0.1) is 0 Å². The average Bonchev–Trinajstić information content (AvgIpc) is 4.10. The van der Waals surface area contributed by atoms with E-state index >= 15 is 0 Å². The van der Waals surface area contributed by atoms with Crippen LogP contribution in [0.2, 0.25) is 0 Å². The first-order valence-electron chi connectivity index (χ1n) is 19.3. The second kappa shape index (κ2) is 12.2. The predicted molar refractivity (Wildman–Crippen MR) is 218 cm³/mol. The molecule has 5 aromatic carbocycles. The van der Waals surface area contributed by atoms with Gasteiger partial charge in [-0.2, -0.15) is 0 Å². The van der Waals surface area contributed by atoms with Gasteiger partial charge in [0, 0.05) is 22.3 Å². The molecule has 4 heteroatoms. The summed E-state index contributed by atoms with van der Waals surface area (Å²) < 4.78 is 6.47. The molecule has 0 saturated heterocycles. The quantitative estimate of drug-likeness (QED) is 0.0996. The van der Waals surface area contributed by atoms with Crippen LogP contribution in [0.3, 0.4) is 0 Å². The maximum atomic E-state index is 6.80. The molecule has 0 aliphatic heterocycles. The standard InChI is InChI=1S/C49H41N3O/c50-48(38-17-15-32-22-39(32)24-38)52-49(31-12-10-30(11-13-31)29-6-2-1-3-7-29)51-45-28-43(45)37-18-20-41-44-26-34(19-21-46(44)53-47(41)27-37)33-14-16-36-23-35-8-4-5-9-40(35)42(36)25-33/h2,4-21,24-27,32,39,43,45,48H,1,3,22-23,28,50H2,(H,51,52). The lowest BCUT2D eigenvalue weighted by Crippen LogP contribution is -2.43. The minimum atomic E-state index is -0.309. The van der Waals surface area contributed by atoms with Gasteiger partial charge in [-0.25, -0.2) is 0 Å². The van der Waals surface area contributed by atoms with Crippen LogP contribution in [0.1, 0.15) is 59.4 Å². The summed E-state index contributed by atoms with van der Waals surface area (Å²) >= 11 is 0. The van der Waals surface area contributed by atoms with Gasteiger partial charge in [0.25, 0.3) is 0 Å². The lowest BCUT2D eigenvalue weighted by atomic mass is 9.97. The molecular formula is C49H41N3O. The van der Waals surface area contributed by atoms with Crippen molar-refractivity contribution in [3.63, 3.8) is 0 Å². The Kier molecular flexibility index (Phi) is 7.10. The minimum absolute atomic E-state index is 0.176. The maximum Gasteiger partial charge on any atom is 0.135 e. The molecule has 1 heterocycles. The van der Waals surface area contributed by atoms with E-state index in [-0.39, 0.29) is 12.2 Å². The highest BCUT2D eigenvalue weighted by Crippen LogP contribution is 2.47. The summed E-state index contributed by atoms with van der Waals surface area (Å²) in [4.78, 5) is 5.34. The van der Waals surface area contributed by atoms with E-state index in [2.05, 4.69) is 145 Å². The Bertz CT molecular complexity index is 2610. The number of rotatable bonds is 7. The number of furan rings is 1. The van der Waals surface area contributed by atoms with Crippen molar-refractivity contribution in [2.75, 3.05) is 0 Å². The lowest BCUT2D eigenvalue weighted by Gasteiger charge is -2.20. The minimum Gasteiger partial charge on any atom is -0.456 e. The van der Waals surface area contributed by atoms with Crippen LogP contribution in [0.15, 0.2) is 155 Å². The first kappa shape index (κ1) is 30.9. The molecule has 5 aliphatic carbocycles. The van der Waals surface area contributed by atoms with Crippen molar-refractivity contribution >= 4 is 33.3 Å². The van der Waals surface area contributed by atoms with Crippen LogP contribution in [0, 0.1) is 11.8 Å². The van der Waals surface area contributed by atoms with Crippen LogP contribution < -0.4 is 11.1 Å². The number of nitrogens with zero attached hydrogens (tertiary/aromatic N) is 1. The van der Waals surface area contributed by atoms with Crippen molar-refractivity contribution in [3.05, 3.63) is 173 Å². The third kappa shape index (κ3) is 5.60. The molecule has 0 radical (unpaired) electrons. The molecular weight excluding hydrogens is 647 g/mol. The Morgan fingerprint density at radius 3 is 2.47 bits per heavy atom. The summed E-state index contributed by atoms with van der Waals surface area (Å²) in [5.74, 6) is 2.55. The van der Waals surface area contributed by atoms with Crippen LogP contribution in [-0.2, 0) is 6.42 Å². The van der Waals surface area contributed by atoms with E-state index in [9.17, 15) is 0 Å². The summed E-state index contributed by atoms with van der Waals surface area (Å²) in [6, 6.07) is 38.0. The molecule has 4 nitrogen and oxygen atoms in total. The molecule has 2 saturated carbocycles. The number of hydrogen-bond donors (Lipinski definition) is 2. The molecule has 6 aromatic rings. The number of nitrogens with one attached hydrogen (secondary N) is 1. The number of hydrogen-bond acceptors (Lipinski definition) is 3. The van der Waals surface area contributed by atoms with Crippen LogP contribution in [0.4, 0.5) is 0 Å². The van der Waals surface area contributed by atoms with Crippen molar-refractivity contribution in [3.8, 4) is 22.3 Å². The van der Waals surface area contributed by atoms with Crippen molar-refractivity contribution < 1.29 is 4.42 Å². The zero-order valence-electron chi connectivity index (χ0n) is 29.6. The van der Waals surface area contributed by atoms with Gasteiger partial charge in [0.2, 0.25) is 0 Å². The molecule has 1 aromatic heterocycles. The number of nitrogens with two attached hydrogens (primary N) is 1. The van der Waals surface area contributed by atoms with Gasteiger partial charge in [0.15, 0.2) is 0 Å². The first-order valence-corrected chi connectivity index (χ1v) is 19.3. The largest absolute Gasteiger partial charge is 0.456 e. The Morgan fingerprint density at radius 1 is 0.736 bits per heavy atom. The molecule has 0 bridgehead atoms. The summed E-state index contributed by atoms with van der Waals surface area (Å²) in [5, 5.41) is 5.94. The number of amidine groups is 1. The van der Waals surface area contributed by atoms with E-state index in [1.54, 1.807) is 0 Å². The Balaban J connectivity index is 0.874. The van der Waals surface area contributed by atoms with Gasteiger partial charge >= 0.3 is 0 Å². The van der Waals surface area contributed by atoms with Crippen LogP contribution in [0.5, 0.6) is 0 Å². The van der Waals surface area contributed by atoms with Crippen molar-refractivity contribution in [2.45, 2.75) is 50.2 Å². The summed E-state index contributed by atoms with van der Waals surface area (Å²) in [5.41, 5.74) is 22.7. The first-order chi connectivity index (χ1) is 26.1. The number of allylic oxidation sites excluding steroid dienone is 6. The number of fused-ring (bicyclic) bond motifs is 7. The van der Waals surface area contributed by atoms with Crippen LogP contribution in [-0.4, -0.2) is 18.0 Å². The normalized spacial score (nSPS) is 22.9. The SMILES string of the molecule is NC(NC(=NC1CC1c1ccc2c(c1)oc1ccc(-c3ccc4c(c3)-c3ccccc3C4)cc12)c1ccc(C2=CCCC=C2)cc1)C1=CC2CC2C=C1. The van der Waals surface area contributed by atoms with Gasteiger partial charge in [0.1, 0.15) is 23.2 Å². The van der Waals surface area contributed by atoms with E-state index in [0.29, 0.717) is 17.8 Å². The number of aliphatic imine (C=N–C) groups is 1. The Morgan fingerprint density at radius 2 is 1.58 bits per heavy atom. The van der Waals surface area contributed by atoms with Gasteiger partial charge in [0.05, 0.1) is 6.04 Å². The summed E-state index contributed by atoms with van der Waals surface area (Å²) in [6.45, 7) is 0. The molecule has 5 aliphatic rings. The molecule has 11 rings (SSSR count). The molecule has 2 fully saturated rings. The molecule has 0 spiro atoms. The monoisotopic (exact) mass is 687 g/mol.